The molecule has 2 heterocycles. The van der Waals surface area contributed by atoms with Crippen molar-refractivity contribution in [3.05, 3.63) is 218 Å². The third-order valence-corrected chi connectivity index (χ3v) is 12.4. The van der Waals surface area contributed by atoms with E-state index in [2.05, 4.69) is 228 Å². The van der Waals surface area contributed by atoms with Gasteiger partial charge in [-0.2, -0.15) is 0 Å². The average Bonchev–Trinajstić information content (AvgIpc) is 3.84. The Morgan fingerprint density at radius 2 is 0.772 bits per heavy atom. The van der Waals surface area contributed by atoms with Gasteiger partial charge in [0.05, 0.1) is 21.4 Å². The number of fused-ring (bicyclic) bond motifs is 6. The molecule has 0 radical (unpaired) electrons. The Balaban J connectivity index is 1.04. The van der Waals surface area contributed by atoms with Crippen LogP contribution in [0.2, 0.25) is 0 Å². The summed E-state index contributed by atoms with van der Waals surface area (Å²) in [7, 11) is 0. The topological polar surface area (TPSA) is 8.17 Å². The van der Waals surface area contributed by atoms with E-state index in [9.17, 15) is 0 Å². The van der Waals surface area contributed by atoms with Crippen molar-refractivity contribution < 1.29 is 0 Å². The molecule has 57 heavy (non-hydrogen) atoms. The Bertz CT molecular complexity index is 3200. The molecule has 268 valence electrons. The van der Waals surface area contributed by atoms with Crippen molar-refractivity contribution in [2.24, 2.45) is 0 Å². The Hall–Kier alpha value is -7.20. The number of thiophene rings is 1. The molecule has 2 nitrogen and oxygen atoms in total. The van der Waals surface area contributed by atoms with E-state index < -0.39 is 0 Å². The smallest absolute Gasteiger partial charge is 0.0640 e. The Morgan fingerprint density at radius 1 is 0.316 bits per heavy atom. The Labute approximate surface area is 335 Å². The van der Waals surface area contributed by atoms with Gasteiger partial charge in [0.2, 0.25) is 0 Å². The number of benzene rings is 9. The van der Waals surface area contributed by atoms with Gasteiger partial charge in [-0.25, -0.2) is 0 Å². The lowest BCUT2D eigenvalue weighted by Gasteiger charge is -2.26. The molecule has 0 unspecified atom stereocenters. The quantitative estimate of drug-likeness (QED) is 0.158. The van der Waals surface area contributed by atoms with E-state index in [0.717, 1.165) is 17.1 Å². The molecule has 11 rings (SSSR count). The molecule has 0 aliphatic heterocycles. The first-order valence-electron chi connectivity index (χ1n) is 19.4. The molecule has 3 heteroatoms. The maximum Gasteiger partial charge on any atom is 0.0640 e. The minimum atomic E-state index is 1.10. The van der Waals surface area contributed by atoms with Gasteiger partial charge < -0.3 is 9.47 Å². The van der Waals surface area contributed by atoms with Gasteiger partial charge in [0.1, 0.15) is 0 Å². The molecule has 0 N–H and O–H groups in total. The lowest BCUT2D eigenvalue weighted by molar-refractivity contribution is 1.20. The summed E-state index contributed by atoms with van der Waals surface area (Å²) in [4.78, 5) is 2.38. The van der Waals surface area contributed by atoms with E-state index in [1.54, 1.807) is 0 Å². The molecule has 0 bridgehead atoms. The number of aromatic nitrogens is 1. The van der Waals surface area contributed by atoms with Gasteiger partial charge in [-0.3, -0.25) is 0 Å². The van der Waals surface area contributed by atoms with Crippen LogP contribution in [0, 0.1) is 0 Å². The summed E-state index contributed by atoms with van der Waals surface area (Å²) in [6, 6.07) is 79.3. The van der Waals surface area contributed by atoms with Crippen LogP contribution in [-0.4, -0.2) is 4.57 Å². The molecule has 2 aromatic heterocycles. The summed E-state index contributed by atoms with van der Waals surface area (Å²) < 4.78 is 5.08. The van der Waals surface area contributed by atoms with Gasteiger partial charge in [-0.15, -0.1) is 11.3 Å². The molecule has 0 spiro atoms. The fourth-order valence-corrected chi connectivity index (χ4v) is 9.64. The van der Waals surface area contributed by atoms with E-state index in [1.165, 1.54) is 81.0 Å². The normalized spacial score (nSPS) is 11.5. The number of anilines is 3. The van der Waals surface area contributed by atoms with Crippen LogP contribution in [0.4, 0.5) is 17.1 Å². The molecule has 0 atom stereocenters. The zero-order chi connectivity index (χ0) is 37.7. The highest BCUT2D eigenvalue weighted by atomic mass is 32.1. The number of para-hydroxylation sites is 1. The molecule has 0 saturated carbocycles. The van der Waals surface area contributed by atoms with Gasteiger partial charge in [0.15, 0.2) is 0 Å². The highest BCUT2D eigenvalue weighted by Gasteiger charge is 2.19. The largest absolute Gasteiger partial charge is 0.310 e. The lowest BCUT2D eigenvalue weighted by atomic mass is 10.00. The van der Waals surface area contributed by atoms with Crippen molar-refractivity contribution in [2.75, 3.05) is 4.90 Å². The van der Waals surface area contributed by atoms with Crippen LogP contribution in [0.15, 0.2) is 218 Å². The average molecular weight is 745 g/mol. The van der Waals surface area contributed by atoms with Crippen LogP contribution in [-0.2, 0) is 0 Å². The van der Waals surface area contributed by atoms with Crippen molar-refractivity contribution in [3.8, 4) is 39.1 Å². The predicted octanol–water partition coefficient (Wildman–Crippen LogP) is 15.6. The van der Waals surface area contributed by atoms with Gasteiger partial charge >= 0.3 is 0 Å². The van der Waals surface area contributed by atoms with E-state index >= 15 is 0 Å². The number of hydrogen-bond acceptors (Lipinski definition) is 2. The maximum absolute atomic E-state index is 2.46. The zero-order valence-corrected chi connectivity index (χ0v) is 31.9. The summed E-state index contributed by atoms with van der Waals surface area (Å²) in [6.07, 6.45) is 0. The fraction of sp³-hybridized carbons (Fsp3) is 0. The molecule has 0 aliphatic rings. The molecule has 11 aromatic rings. The van der Waals surface area contributed by atoms with E-state index in [0.29, 0.717) is 0 Å². The first kappa shape index (κ1) is 33.2. The third-order valence-electron chi connectivity index (χ3n) is 11.2. The fourth-order valence-electron chi connectivity index (χ4n) is 8.44. The number of nitrogens with zero attached hydrogens (tertiary/aromatic N) is 2. The van der Waals surface area contributed by atoms with E-state index in [1.807, 2.05) is 11.3 Å². The van der Waals surface area contributed by atoms with Crippen LogP contribution in [0.25, 0.3) is 81.0 Å². The van der Waals surface area contributed by atoms with Gasteiger partial charge in [0, 0.05) is 43.3 Å². The summed E-state index contributed by atoms with van der Waals surface area (Å²) >= 11 is 1.88. The second kappa shape index (κ2) is 13.8. The summed E-state index contributed by atoms with van der Waals surface area (Å²) in [6.45, 7) is 0. The molecule has 0 amide bonds. The Morgan fingerprint density at radius 3 is 1.39 bits per heavy atom. The van der Waals surface area contributed by atoms with Crippen molar-refractivity contribution in [1.82, 2.24) is 4.57 Å². The van der Waals surface area contributed by atoms with Crippen LogP contribution < -0.4 is 4.90 Å². The minimum Gasteiger partial charge on any atom is -0.310 e. The van der Waals surface area contributed by atoms with Crippen LogP contribution in [0.3, 0.4) is 0 Å². The number of rotatable bonds is 7. The van der Waals surface area contributed by atoms with Crippen molar-refractivity contribution in [3.63, 3.8) is 0 Å². The molecular weight excluding hydrogens is 709 g/mol. The second-order valence-corrected chi connectivity index (χ2v) is 15.6. The van der Waals surface area contributed by atoms with E-state index in [4.69, 9.17) is 0 Å². The van der Waals surface area contributed by atoms with Gasteiger partial charge in [-0.1, -0.05) is 158 Å². The van der Waals surface area contributed by atoms with Crippen molar-refractivity contribution in [2.45, 2.75) is 0 Å². The van der Waals surface area contributed by atoms with Crippen molar-refractivity contribution >= 4 is 70.4 Å². The molecule has 0 saturated heterocycles. The molecule has 0 aliphatic carbocycles. The highest BCUT2D eigenvalue weighted by Crippen LogP contribution is 2.43. The highest BCUT2D eigenvalue weighted by molar-refractivity contribution is 7.26. The standard InChI is InChI=1S/C54H36N2S/c1-3-12-37(13-4-1)39-22-24-40(25-23-39)42-28-32-44(33-29-42)55(43-30-26-41(27-31-43)38-14-5-2-6-15-38)45-34-35-51-49(36-45)46-16-7-9-19-50(46)56(51)52-20-11-18-48-47-17-8-10-21-53(47)57-54(48)52/h1-36H. The van der Waals surface area contributed by atoms with Crippen LogP contribution in [0.1, 0.15) is 0 Å². The zero-order valence-electron chi connectivity index (χ0n) is 31.1. The second-order valence-electron chi connectivity index (χ2n) is 14.5. The Kier molecular flexibility index (Phi) is 8.04. The summed E-state index contributed by atoms with van der Waals surface area (Å²) in [5, 5.41) is 5.08. The van der Waals surface area contributed by atoms with Crippen LogP contribution in [0.5, 0.6) is 0 Å². The lowest BCUT2D eigenvalue weighted by Crippen LogP contribution is -2.10. The first-order chi connectivity index (χ1) is 28.3. The van der Waals surface area contributed by atoms with E-state index in [-0.39, 0.29) is 0 Å². The first-order valence-corrected chi connectivity index (χ1v) is 20.2. The van der Waals surface area contributed by atoms with Crippen molar-refractivity contribution in [1.29, 1.82) is 0 Å². The predicted molar refractivity (Wildman–Crippen MR) is 245 cm³/mol. The van der Waals surface area contributed by atoms with Gasteiger partial charge in [0.25, 0.3) is 0 Å². The molecular formula is C54H36N2S. The SMILES string of the molecule is c1ccc(-c2ccc(-c3ccc(N(c4ccc(-c5ccccc5)cc4)c4ccc5c(c4)c4ccccc4n5-c4cccc5c4sc4ccccc45)cc3)cc2)cc1. The monoisotopic (exact) mass is 744 g/mol. The molecule has 0 fully saturated rings. The number of hydrogen-bond donors (Lipinski definition) is 0. The minimum absolute atomic E-state index is 1.10. The van der Waals surface area contributed by atoms with Gasteiger partial charge in [-0.05, 0) is 94.0 Å². The maximum atomic E-state index is 2.46. The third kappa shape index (κ3) is 5.80. The summed E-state index contributed by atoms with van der Waals surface area (Å²) in [5.41, 5.74) is 14.2. The van der Waals surface area contributed by atoms with Crippen LogP contribution >= 0.6 is 11.3 Å². The molecule has 9 aromatic carbocycles. The summed E-state index contributed by atoms with van der Waals surface area (Å²) in [5.74, 6) is 0.